The van der Waals surface area contributed by atoms with Crippen LogP contribution in [0.3, 0.4) is 0 Å². The smallest absolute Gasteiger partial charge is 0.341 e. The van der Waals surface area contributed by atoms with Gasteiger partial charge in [0.05, 0.1) is 5.69 Å². The minimum Gasteiger partial charge on any atom is -0.479 e. The first-order valence-corrected chi connectivity index (χ1v) is 3.33. The lowest BCUT2D eigenvalue weighted by atomic mass is 10.4. The quantitative estimate of drug-likeness (QED) is 0.700. The summed E-state index contributed by atoms with van der Waals surface area (Å²) < 4.78 is 4.75. The van der Waals surface area contributed by atoms with Crippen LogP contribution in [-0.4, -0.2) is 27.9 Å². The van der Waals surface area contributed by atoms with Gasteiger partial charge in [0.1, 0.15) is 0 Å². The van der Waals surface area contributed by atoms with Crippen molar-refractivity contribution in [2.45, 2.75) is 6.92 Å². The number of hydrogen-bond donors (Lipinski definition) is 1. The molecule has 0 spiro atoms. The van der Waals surface area contributed by atoms with Gasteiger partial charge >= 0.3 is 5.97 Å². The average Bonchev–Trinajstić information content (AvgIpc) is 2.03. The molecule has 64 valence electrons. The van der Waals surface area contributed by atoms with Crippen molar-refractivity contribution >= 4 is 5.97 Å². The van der Waals surface area contributed by atoms with Crippen molar-refractivity contribution in [2.24, 2.45) is 0 Å². The maximum absolute atomic E-state index is 10.1. The molecule has 0 aliphatic heterocycles. The van der Waals surface area contributed by atoms with Gasteiger partial charge in [-0.25, -0.2) is 4.79 Å². The van der Waals surface area contributed by atoms with E-state index in [0.29, 0.717) is 0 Å². The molecule has 0 radical (unpaired) electrons. The van der Waals surface area contributed by atoms with Crippen molar-refractivity contribution in [3.63, 3.8) is 0 Å². The number of carbonyl (C=O) groups is 1. The van der Waals surface area contributed by atoms with E-state index in [9.17, 15) is 4.79 Å². The molecule has 0 aliphatic rings. The Kier molecular flexibility index (Phi) is 2.57. The Hall–Kier alpha value is -1.65. The highest BCUT2D eigenvalue weighted by Gasteiger charge is 1.99. The number of aliphatic carboxylic acids is 1. The second-order valence-corrected chi connectivity index (χ2v) is 2.20. The number of rotatable bonds is 3. The van der Waals surface area contributed by atoms with Gasteiger partial charge in [-0.15, -0.1) is 5.10 Å². The monoisotopic (exact) mass is 168 g/mol. The van der Waals surface area contributed by atoms with E-state index >= 15 is 0 Å². The molecule has 5 nitrogen and oxygen atoms in total. The molecule has 0 unspecified atom stereocenters. The van der Waals surface area contributed by atoms with E-state index in [2.05, 4.69) is 10.2 Å². The third-order valence-corrected chi connectivity index (χ3v) is 1.12. The van der Waals surface area contributed by atoms with Gasteiger partial charge in [0.2, 0.25) is 5.88 Å². The molecule has 0 fully saturated rings. The van der Waals surface area contributed by atoms with Gasteiger partial charge in [-0.1, -0.05) is 0 Å². The predicted octanol–water partition coefficient (Wildman–Crippen LogP) is 0.248. The summed E-state index contributed by atoms with van der Waals surface area (Å²) in [6.45, 7) is 1.39. The highest BCUT2D eigenvalue weighted by atomic mass is 16.5. The summed E-state index contributed by atoms with van der Waals surface area (Å²) >= 11 is 0. The van der Waals surface area contributed by atoms with Crippen LogP contribution in [-0.2, 0) is 4.79 Å². The summed E-state index contributed by atoms with van der Waals surface area (Å²) in [5.74, 6) is -0.805. The van der Waals surface area contributed by atoms with Gasteiger partial charge < -0.3 is 9.84 Å². The molecule has 0 amide bonds. The minimum atomic E-state index is -1.03. The second-order valence-electron chi connectivity index (χ2n) is 2.20. The maximum atomic E-state index is 10.1. The van der Waals surface area contributed by atoms with E-state index in [1.54, 1.807) is 19.1 Å². The highest BCUT2D eigenvalue weighted by Crippen LogP contribution is 2.02. The molecular formula is C7H8N2O3. The average molecular weight is 168 g/mol. The van der Waals surface area contributed by atoms with Crippen molar-refractivity contribution in [3.05, 3.63) is 17.8 Å². The van der Waals surface area contributed by atoms with Gasteiger partial charge in [-0.3, -0.25) is 0 Å². The standard InChI is InChI=1S/C7H8N2O3/c1-5-2-3-6(9-8-5)12-4-7(10)11/h2-3H,4H2,1H3,(H,10,11). The third-order valence-electron chi connectivity index (χ3n) is 1.12. The van der Waals surface area contributed by atoms with Crippen LogP contribution in [0.1, 0.15) is 5.69 Å². The third kappa shape index (κ3) is 2.53. The predicted molar refractivity (Wildman–Crippen MR) is 39.9 cm³/mol. The summed E-state index contributed by atoms with van der Waals surface area (Å²) in [6, 6.07) is 3.27. The zero-order chi connectivity index (χ0) is 8.97. The molecule has 5 heteroatoms. The second kappa shape index (κ2) is 3.66. The molecule has 0 bridgehead atoms. The molecule has 0 saturated carbocycles. The molecule has 0 aliphatic carbocycles. The first-order valence-electron chi connectivity index (χ1n) is 3.33. The number of ether oxygens (including phenoxy) is 1. The maximum Gasteiger partial charge on any atom is 0.341 e. The Morgan fingerprint density at radius 3 is 2.83 bits per heavy atom. The van der Waals surface area contributed by atoms with E-state index in [0.717, 1.165) is 5.69 Å². The van der Waals surface area contributed by atoms with Crippen LogP contribution in [0.5, 0.6) is 5.88 Å². The van der Waals surface area contributed by atoms with Gasteiger partial charge in [0.25, 0.3) is 0 Å². The number of hydrogen-bond acceptors (Lipinski definition) is 4. The van der Waals surface area contributed by atoms with E-state index in [1.165, 1.54) is 0 Å². The van der Waals surface area contributed by atoms with Gasteiger partial charge in [-0.2, -0.15) is 5.10 Å². The molecule has 1 aromatic heterocycles. The molecule has 12 heavy (non-hydrogen) atoms. The Morgan fingerprint density at radius 2 is 2.33 bits per heavy atom. The summed E-state index contributed by atoms with van der Waals surface area (Å²) in [6.07, 6.45) is 0. The number of nitrogens with zero attached hydrogens (tertiary/aromatic N) is 2. The van der Waals surface area contributed by atoms with Gasteiger partial charge in [-0.05, 0) is 13.0 Å². The molecular weight excluding hydrogens is 160 g/mol. The Balaban J connectivity index is 2.53. The van der Waals surface area contributed by atoms with Crippen LogP contribution in [0.15, 0.2) is 12.1 Å². The van der Waals surface area contributed by atoms with E-state index in [1.807, 2.05) is 0 Å². The molecule has 1 rings (SSSR count). The summed E-state index contributed by atoms with van der Waals surface area (Å²) in [4.78, 5) is 10.1. The number of aromatic nitrogens is 2. The Bertz CT molecular complexity index is 270. The molecule has 0 aromatic carbocycles. The first kappa shape index (κ1) is 8.45. The highest BCUT2D eigenvalue weighted by molar-refractivity contribution is 5.68. The SMILES string of the molecule is Cc1ccc(OCC(=O)O)nn1. The van der Waals surface area contributed by atoms with Crippen LogP contribution in [0.25, 0.3) is 0 Å². The number of carboxylic acids is 1. The summed E-state index contributed by atoms with van der Waals surface area (Å²) in [5, 5.41) is 15.6. The summed E-state index contributed by atoms with van der Waals surface area (Å²) in [5.41, 5.74) is 0.762. The first-order chi connectivity index (χ1) is 5.68. The molecule has 1 aromatic rings. The van der Waals surface area contributed by atoms with Crippen LogP contribution in [0.2, 0.25) is 0 Å². The topological polar surface area (TPSA) is 72.3 Å². The Morgan fingerprint density at radius 1 is 1.58 bits per heavy atom. The van der Waals surface area contributed by atoms with E-state index < -0.39 is 12.6 Å². The molecule has 1 heterocycles. The van der Waals surface area contributed by atoms with Crippen LogP contribution >= 0.6 is 0 Å². The van der Waals surface area contributed by atoms with Crippen LogP contribution < -0.4 is 4.74 Å². The lowest BCUT2D eigenvalue weighted by Crippen LogP contribution is -2.10. The van der Waals surface area contributed by atoms with Gasteiger partial charge in [0.15, 0.2) is 6.61 Å². The fraction of sp³-hybridized carbons (Fsp3) is 0.286. The van der Waals surface area contributed by atoms with E-state index in [-0.39, 0.29) is 5.88 Å². The van der Waals surface area contributed by atoms with Crippen molar-refractivity contribution in [1.29, 1.82) is 0 Å². The van der Waals surface area contributed by atoms with Crippen LogP contribution in [0, 0.1) is 6.92 Å². The zero-order valence-electron chi connectivity index (χ0n) is 6.52. The summed E-state index contributed by atoms with van der Waals surface area (Å²) in [7, 11) is 0. The zero-order valence-corrected chi connectivity index (χ0v) is 6.52. The fourth-order valence-corrected chi connectivity index (χ4v) is 0.599. The number of carboxylic acid groups (broad SMARTS) is 1. The van der Waals surface area contributed by atoms with Crippen LogP contribution in [0.4, 0.5) is 0 Å². The number of aryl methyl sites for hydroxylation is 1. The van der Waals surface area contributed by atoms with Gasteiger partial charge in [0, 0.05) is 6.07 Å². The lowest BCUT2D eigenvalue weighted by molar-refractivity contribution is -0.139. The van der Waals surface area contributed by atoms with Crippen molar-refractivity contribution in [1.82, 2.24) is 10.2 Å². The van der Waals surface area contributed by atoms with Crippen molar-refractivity contribution in [2.75, 3.05) is 6.61 Å². The van der Waals surface area contributed by atoms with Crippen molar-refractivity contribution < 1.29 is 14.6 Å². The molecule has 0 atom stereocenters. The largest absolute Gasteiger partial charge is 0.479 e. The minimum absolute atomic E-state index is 0.225. The molecule has 1 N–H and O–H groups in total. The van der Waals surface area contributed by atoms with Crippen molar-refractivity contribution in [3.8, 4) is 5.88 Å². The Labute approximate surface area is 69.0 Å². The lowest BCUT2D eigenvalue weighted by Gasteiger charge is -1.99. The normalized spacial score (nSPS) is 9.42. The molecule has 0 saturated heterocycles. The fourth-order valence-electron chi connectivity index (χ4n) is 0.599. The van der Waals surface area contributed by atoms with E-state index in [4.69, 9.17) is 9.84 Å².